The van der Waals surface area contributed by atoms with Crippen LogP contribution < -0.4 is 10.6 Å². The fourth-order valence-electron chi connectivity index (χ4n) is 2.33. The second kappa shape index (κ2) is 4.44. The van der Waals surface area contributed by atoms with Crippen molar-refractivity contribution in [2.45, 2.75) is 32.2 Å². The summed E-state index contributed by atoms with van der Waals surface area (Å²) < 4.78 is 1.11. The first-order valence-electron chi connectivity index (χ1n) is 5.54. The molecule has 1 unspecified atom stereocenters. The monoisotopic (exact) mass is 268 g/mol. The summed E-state index contributed by atoms with van der Waals surface area (Å²) in [5, 5.41) is 0. The van der Waals surface area contributed by atoms with Gasteiger partial charge in [0.05, 0.1) is 5.69 Å². The van der Waals surface area contributed by atoms with E-state index in [4.69, 9.17) is 5.73 Å². The lowest BCUT2D eigenvalue weighted by Crippen LogP contribution is -2.28. The summed E-state index contributed by atoms with van der Waals surface area (Å²) in [6, 6.07) is 6.78. The Morgan fingerprint density at radius 2 is 2.33 bits per heavy atom. The predicted molar refractivity (Wildman–Crippen MR) is 69.2 cm³/mol. The Balaban J connectivity index is 2.28. The van der Waals surface area contributed by atoms with E-state index < -0.39 is 0 Å². The molecule has 15 heavy (non-hydrogen) atoms. The molecule has 0 bridgehead atoms. The minimum atomic E-state index is 0.699. The topological polar surface area (TPSA) is 29.3 Å². The number of nitrogens with zero attached hydrogens (tertiary/aromatic N) is 1. The number of nitrogen functional groups attached to an aromatic ring is 1. The van der Waals surface area contributed by atoms with Crippen molar-refractivity contribution in [3.63, 3.8) is 0 Å². The molecule has 1 saturated heterocycles. The summed E-state index contributed by atoms with van der Waals surface area (Å²) in [4.78, 5) is 2.49. The minimum absolute atomic E-state index is 0.699. The molecule has 0 aliphatic carbocycles. The van der Waals surface area contributed by atoms with Crippen LogP contribution in [0.5, 0.6) is 0 Å². The molecule has 3 heteroatoms. The van der Waals surface area contributed by atoms with Crippen LogP contribution in [0.25, 0.3) is 0 Å². The second-order valence-corrected chi connectivity index (χ2v) is 4.96. The Labute approximate surface area is 99.6 Å². The van der Waals surface area contributed by atoms with Gasteiger partial charge in [-0.1, -0.05) is 6.92 Å². The number of anilines is 2. The third-order valence-electron chi connectivity index (χ3n) is 3.13. The van der Waals surface area contributed by atoms with Gasteiger partial charge in [0.2, 0.25) is 0 Å². The maximum Gasteiger partial charge on any atom is 0.0514 e. The number of benzene rings is 1. The molecule has 82 valence electrons. The van der Waals surface area contributed by atoms with Gasteiger partial charge in [-0.05, 0) is 53.4 Å². The standard InChI is InChI=1S/C12H17BrN2/c1-2-10-4-3-7-15(10)12-6-5-9(14)8-11(12)13/h5-6,8,10H,2-4,7,14H2,1H3. The van der Waals surface area contributed by atoms with Crippen LogP contribution in [0.1, 0.15) is 26.2 Å². The Morgan fingerprint density at radius 3 is 3.00 bits per heavy atom. The molecule has 0 spiro atoms. The van der Waals surface area contributed by atoms with E-state index in [1.165, 1.54) is 31.5 Å². The van der Waals surface area contributed by atoms with E-state index >= 15 is 0 Å². The molecule has 1 heterocycles. The molecule has 0 amide bonds. The van der Waals surface area contributed by atoms with Crippen LogP contribution in [0, 0.1) is 0 Å². The number of halogens is 1. The van der Waals surface area contributed by atoms with Crippen molar-refractivity contribution in [2.75, 3.05) is 17.2 Å². The van der Waals surface area contributed by atoms with E-state index in [1.54, 1.807) is 0 Å². The number of hydrogen-bond donors (Lipinski definition) is 1. The van der Waals surface area contributed by atoms with E-state index in [-0.39, 0.29) is 0 Å². The highest BCUT2D eigenvalue weighted by molar-refractivity contribution is 9.10. The summed E-state index contributed by atoms with van der Waals surface area (Å²) in [5.41, 5.74) is 7.85. The Kier molecular flexibility index (Phi) is 3.19. The smallest absolute Gasteiger partial charge is 0.0514 e. The molecule has 1 aliphatic rings. The number of nitrogens with two attached hydrogens (primary N) is 1. The van der Waals surface area contributed by atoms with Gasteiger partial charge in [-0.3, -0.25) is 0 Å². The van der Waals surface area contributed by atoms with Crippen LogP contribution in [0.15, 0.2) is 22.7 Å². The highest BCUT2D eigenvalue weighted by Crippen LogP contribution is 2.34. The molecule has 2 N–H and O–H groups in total. The van der Waals surface area contributed by atoms with Gasteiger partial charge < -0.3 is 10.6 Å². The quantitative estimate of drug-likeness (QED) is 0.834. The molecular formula is C12H17BrN2. The predicted octanol–water partition coefficient (Wildman–Crippen LogP) is 3.41. The minimum Gasteiger partial charge on any atom is -0.399 e. The third-order valence-corrected chi connectivity index (χ3v) is 3.76. The third kappa shape index (κ3) is 2.12. The van der Waals surface area contributed by atoms with Crippen molar-refractivity contribution < 1.29 is 0 Å². The first-order chi connectivity index (χ1) is 7.22. The molecule has 1 atom stereocenters. The normalized spacial score (nSPS) is 20.9. The average molecular weight is 269 g/mol. The summed E-state index contributed by atoms with van der Waals surface area (Å²) in [7, 11) is 0. The second-order valence-electron chi connectivity index (χ2n) is 4.11. The maximum absolute atomic E-state index is 5.74. The van der Waals surface area contributed by atoms with E-state index in [0.29, 0.717) is 6.04 Å². The maximum atomic E-state index is 5.74. The van der Waals surface area contributed by atoms with Crippen molar-refractivity contribution >= 4 is 27.3 Å². The molecule has 0 saturated carbocycles. The SMILES string of the molecule is CCC1CCCN1c1ccc(N)cc1Br. The molecule has 2 rings (SSSR count). The lowest BCUT2D eigenvalue weighted by Gasteiger charge is -2.27. The van der Waals surface area contributed by atoms with Gasteiger partial charge in [-0.15, -0.1) is 0 Å². The van der Waals surface area contributed by atoms with Crippen LogP contribution in [-0.4, -0.2) is 12.6 Å². The lowest BCUT2D eigenvalue weighted by molar-refractivity contribution is 0.645. The zero-order valence-corrected chi connectivity index (χ0v) is 10.6. The van der Waals surface area contributed by atoms with Gasteiger partial charge in [0.25, 0.3) is 0 Å². The van der Waals surface area contributed by atoms with E-state index in [1.807, 2.05) is 12.1 Å². The number of hydrogen-bond acceptors (Lipinski definition) is 2. The molecule has 1 fully saturated rings. The summed E-state index contributed by atoms with van der Waals surface area (Å²) in [5.74, 6) is 0. The highest BCUT2D eigenvalue weighted by atomic mass is 79.9. The first-order valence-corrected chi connectivity index (χ1v) is 6.33. The van der Waals surface area contributed by atoms with Gasteiger partial charge in [0.1, 0.15) is 0 Å². The fourth-order valence-corrected chi connectivity index (χ4v) is 2.96. The van der Waals surface area contributed by atoms with Crippen LogP contribution in [-0.2, 0) is 0 Å². The van der Waals surface area contributed by atoms with E-state index in [0.717, 1.165) is 10.2 Å². The molecular weight excluding hydrogens is 252 g/mol. The Hall–Kier alpha value is -0.700. The van der Waals surface area contributed by atoms with Crippen molar-refractivity contribution in [3.8, 4) is 0 Å². The number of rotatable bonds is 2. The molecule has 1 aromatic rings. The largest absolute Gasteiger partial charge is 0.399 e. The average Bonchev–Trinajstić information content (AvgIpc) is 2.65. The van der Waals surface area contributed by atoms with Crippen molar-refractivity contribution in [2.24, 2.45) is 0 Å². The highest BCUT2D eigenvalue weighted by Gasteiger charge is 2.24. The summed E-state index contributed by atoms with van der Waals surface area (Å²) >= 11 is 3.59. The van der Waals surface area contributed by atoms with Crippen LogP contribution in [0.3, 0.4) is 0 Å². The van der Waals surface area contributed by atoms with Crippen molar-refractivity contribution in [3.05, 3.63) is 22.7 Å². The molecule has 1 aliphatic heterocycles. The van der Waals surface area contributed by atoms with Crippen molar-refractivity contribution in [1.29, 1.82) is 0 Å². The summed E-state index contributed by atoms with van der Waals surface area (Å²) in [6.45, 7) is 3.43. The van der Waals surface area contributed by atoms with Crippen molar-refractivity contribution in [1.82, 2.24) is 0 Å². The van der Waals surface area contributed by atoms with Crippen LogP contribution in [0.2, 0.25) is 0 Å². The van der Waals surface area contributed by atoms with Gasteiger partial charge in [0.15, 0.2) is 0 Å². The molecule has 1 aromatic carbocycles. The van der Waals surface area contributed by atoms with Gasteiger partial charge in [-0.2, -0.15) is 0 Å². The Morgan fingerprint density at radius 1 is 1.53 bits per heavy atom. The fraction of sp³-hybridized carbons (Fsp3) is 0.500. The molecule has 2 nitrogen and oxygen atoms in total. The zero-order chi connectivity index (χ0) is 10.8. The summed E-state index contributed by atoms with van der Waals surface area (Å²) in [6.07, 6.45) is 3.83. The van der Waals surface area contributed by atoms with Crippen LogP contribution in [0.4, 0.5) is 11.4 Å². The zero-order valence-electron chi connectivity index (χ0n) is 9.04. The lowest BCUT2D eigenvalue weighted by atomic mass is 10.1. The molecule has 0 radical (unpaired) electrons. The van der Waals surface area contributed by atoms with Gasteiger partial charge >= 0.3 is 0 Å². The van der Waals surface area contributed by atoms with Gasteiger partial charge in [0, 0.05) is 22.7 Å². The first kappa shape index (κ1) is 10.8. The van der Waals surface area contributed by atoms with E-state index in [2.05, 4.69) is 33.8 Å². The van der Waals surface area contributed by atoms with Crippen LogP contribution >= 0.6 is 15.9 Å². The molecule has 0 aromatic heterocycles. The van der Waals surface area contributed by atoms with E-state index in [9.17, 15) is 0 Å². The Bertz CT molecular complexity index is 351. The van der Waals surface area contributed by atoms with Gasteiger partial charge in [-0.25, -0.2) is 0 Å².